The van der Waals surface area contributed by atoms with Gasteiger partial charge in [-0.25, -0.2) is 21.9 Å². The molecule has 0 amide bonds. The number of nitrogens with one attached hydrogen (secondary N) is 1. The zero-order valence-corrected chi connectivity index (χ0v) is 16.0. The van der Waals surface area contributed by atoms with Crippen LogP contribution in [0.15, 0.2) is 35.2 Å². The Morgan fingerprint density at radius 3 is 2.46 bits per heavy atom. The topological polar surface area (TPSA) is 66.4 Å². The predicted molar refractivity (Wildman–Crippen MR) is 96.6 cm³/mol. The van der Waals surface area contributed by atoms with E-state index < -0.39 is 27.8 Å². The summed E-state index contributed by atoms with van der Waals surface area (Å²) in [5, 5.41) is 9.75. The highest BCUT2D eigenvalue weighted by Gasteiger charge is 2.38. The lowest BCUT2D eigenvalue weighted by atomic mass is 9.85. The highest BCUT2D eigenvalue weighted by atomic mass is 32.2. The van der Waals surface area contributed by atoms with Crippen molar-refractivity contribution in [3.8, 4) is 0 Å². The van der Waals surface area contributed by atoms with Crippen LogP contribution in [0.3, 0.4) is 0 Å². The van der Waals surface area contributed by atoms with Crippen LogP contribution in [0.2, 0.25) is 0 Å². The van der Waals surface area contributed by atoms with Crippen LogP contribution in [-0.2, 0) is 15.4 Å². The van der Waals surface area contributed by atoms with E-state index in [0.29, 0.717) is 6.07 Å². The number of thiophene rings is 1. The summed E-state index contributed by atoms with van der Waals surface area (Å²) in [7, 11) is -3.94. The van der Waals surface area contributed by atoms with Crippen molar-refractivity contribution in [3.63, 3.8) is 0 Å². The summed E-state index contributed by atoms with van der Waals surface area (Å²) in [4.78, 5) is 1.59. The normalized spacial score (nSPS) is 18.2. The molecule has 26 heavy (non-hydrogen) atoms. The summed E-state index contributed by atoms with van der Waals surface area (Å²) in [6.45, 7) is 1.89. The van der Waals surface area contributed by atoms with Crippen molar-refractivity contribution in [2.75, 3.05) is 6.54 Å². The first-order chi connectivity index (χ1) is 12.2. The minimum Gasteiger partial charge on any atom is -0.388 e. The fraction of sp³-hybridized carbons (Fsp3) is 0.444. The number of rotatable bonds is 6. The van der Waals surface area contributed by atoms with Crippen LogP contribution in [0, 0.1) is 11.6 Å². The molecule has 1 fully saturated rings. The monoisotopic (exact) mass is 401 g/mol. The lowest BCUT2D eigenvalue weighted by molar-refractivity contribution is 0.203. The van der Waals surface area contributed by atoms with Gasteiger partial charge in [0.1, 0.15) is 0 Å². The molecule has 0 saturated heterocycles. The third-order valence-corrected chi connectivity index (χ3v) is 7.82. The van der Waals surface area contributed by atoms with Gasteiger partial charge in [0.05, 0.1) is 11.0 Å². The van der Waals surface area contributed by atoms with Crippen molar-refractivity contribution < 1.29 is 22.3 Å². The van der Waals surface area contributed by atoms with Crippen molar-refractivity contribution in [1.82, 2.24) is 4.72 Å². The van der Waals surface area contributed by atoms with E-state index in [1.165, 1.54) is 11.3 Å². The Hall–Kier alpha value is -1.35. The number of sulfonamides is 1. The first-order valence-electron chi connectivity index (χ1n) is 8.46. The van der Waals surface area contributed by atoms with Gasteiger partial charge in [-0.1, -0.05) is 12.8 Å². The number of benzene rings is 1. The lowest BCUT2D eigenvalue weighted by Crippen LogP contribution is -2.38. The van der Waals surface area contributed by atoms with Gasteiger partial charge in [0.2, 0.25) is 10.0 Å². The van der Waals surface area contributed by atoms with E-state index in [0.717, 1.165) is 47.6 Å². The lowest BCUT2D eigenvalue weighted by Gasteiger charge is -2.28. The second kappa shape index (κ2) is 7.34. The molecule has 1 aromatic heterocycles. The molecule has 1 aliphatic carbocycles. The maximum Gasteiger partial charge on any atom is 0.240 e. The van der Waals surface area contributed by atoms with Crippen LogP contribution in [0.1, 0.15) is 48.5 Å². The molecule has 0 radical (unpaired) electrons. The molecule has 2 aromatic rings. The maximum absolute atomic E-state index is 13.4. The van der Waals surface area contributed by atoms with E-state index in [1.54, 1.807) is 6.92 Å². The summed E-state index contributed by atoms with van der Waals surface area (Å²) in [6, 6.07) is 6.37. The van der Waals surface area contributed by atoms with Crippen molar-refractivity contribution in [3.05, 3.63) is 51.7 Å². The summed E-state index contributed by atoms with van der Waals surface area (Å²) in [6.07, 6.45) is 3.11. The minimum atomic E-state index is -3.94. The van der Waals surface area contributed by atoms with Crippen LogP contribution in [0.4, 0.5) is 8.78 Å². The van der Waals surface area contributed by atoms with Crippen LogP contribution in [0.5, 0.6) is 0 Å². The Morgan fingerprint density at radius 2 is 1.88 bits per heavy atom. The summed E-state index contributed by atoms with van der Waals surface area (Å²) >= 11 is 1.49. The molecule has 1 heterocycles. The van der Waals surface area contributed by atoms with Gasteiger partial charge in [-0.3, -0.25) is 0 Å². The number of hydrogen-bond donors (Lipinski definition) is 2. The zero-order valence-electron chi connectivity index (χ0n) is 14.3. The minimum absolute atomic E-state index is 0.189. The summed E-state index contributed by atoms with van der Waals surface area (Å²) < 4.78 is 54.0. The molecule has 1 aliphatic rings. The molecule has 1 saturated carbocycles. The molecule has 3 rings (SSSR count). The van der Waals surface area contributed by atoms with E-state index in [2.05, 4.69) is 4.72 Å². The molecule has 142 valence electrons. The van der Waals surface area contributed by atoms with Gasteiger partial charge in [-0.15, -0.1) is 11.3 Å². The Kier molecular flexibility index (Phi) is 5.48. The zero-order chi connectivity index (χ0) is 18.9. The molecule has 1 aromatic carbocycles. The quantitative estimate of drug-likeness (QED) is 0.772. The summed E-state index contributed by atoms with van der Waals surface area (Å²) in [5.41, 5.74) is -0.330. The third-order valence-electron chi connectivity index (χ3n) is 4.92. The molecule has 1 atom stereocenters. The smallest absolute Gasteiger partial charge is 0.240 e. The fourth-order valence-corrected chi connectivity index (χ4v) is 5.71. The number of aliphatic hydroxyl groups excluding tert-OH is 1. The Bertz CT molecular complexity index is 888. The Morgan fingerprint density at radius 1 is 1.19 bits per heavy atom. The SMILES string of the molecule is CC(O)c1ccc(C2(CNS(=O)(=O)c3ccc(F)c(F)c3)CCCC2)s1. The molecule has 0 bridgehead atoms. The second-order valence-corrected chi connectivity index (χ2v) is 9.65. The highest BCUT2D eigenvalue weighted by Crippen LogP contribution is 2.44. The molecular formula is C18H21F2NO3S2. The molecule has 0 spiro atoms. The van der Waals surface area contributed by atoms with E-state index in [1.807, 2.05) is 12.1 Å². The van der Waals surface area contributed by atoms with Crippen LogP contribution < -0.4 is 4.72 Å². The van der Waals surface area contributed by atoms with Crippen molar-refractivity contribution in [2.45, 2.75) is 49.0 Å². The Balaban J connectivity index is 1.83. The molecular weight excluding hydrogens is 380 g/mol. The van der Waals surface area contributed by atoms with Gasteiger partial charge in [-0.05, 0) is 50.1 Å². The molecule has 2 N–H and O–H groups in total. The second-order valence-electron chi connectivity index (χ2n) is 6.77. The Labute approximate surface area is 155 Å². The molecule has 4 nitrogen and oxygen atoms in total. The number of hydrogen-bond acceptors (Lipinski definition) is 4. The van der Waals surface area contributed by atoms with Gasteiger partial charge in [0.15, 0.2) is 11.6 Å². The highest BCUT2D eigenvalue weighted by molar-refractivity contribution is 7.89. The standard InChI is InChI=1S/C18H21F2NO3S2/c1-12(22)16-6-7-17(25-16)18(8-2-3-9-18)11-21-26(23,24)13-4-5-14(19)15(20)10-13/h4-7,10,12,21-22H,2-3,8-9,11H2,1H3. The van der Waals surface area contributed by atoms with Gasteiger partial charge in [-0.2, -0.15) is 0 Å². The average Bonchev–Trinajstić information content (AvgIpc) is 3.25. The first-order valence-corrected chi connectivity index (χ1v) is 10.8. The van der Waals surface area contributed by atoms with Crippen LogP contribution in [-0.4, -0.2) is 20.1 Å². The largest absolute Gasteiger partial charge is 0.388 e. The number of aliphatic hydroxyl groups is 1. The number of halogens is 2. The molecule has 8 heteroatoms. The van der Waals surface area contributed by atoms with Gasteiger partial charge in [0.25, 0.3) is 0 Å². The van der Waals surface area contributed by atoms with Crippen LogP contribution in [0.25, 0.3) is 0 Å². The maximum atomic E-state index is 13.4. The molecule has 0 aliphatic heterocycles. The van der Waals surface area contributed by atoms with E-state index in [9.17, 15) is 22.3 Å². The predicted octanol–water partition coefficient (Wildman–Crippen LogP) is 3.87. The fourth-order valence-electron chi connectivity index (χ4n) is 3.38. The van der Waals surface area contributed by atoms with Crippen molar-refractivity contribution in [1.29, 1.82) is 0 Å². The van der Waals surface area contributed by atoms with Gasteiger partial charge in [0, 0.05) is 21.7 Å². The van der Waals surface area contributed by atoms with Gasteiger partial charge < -0.3 is 5.11 Å². The van der Waals surface area contributed by atoms with Gasteiger partial charge >= 0.3 is 0 Å². The molecule has 1 unspecified atom stereocenters. The van der Waals surface area contributed by atoms with Crippen LogP contribution >= 0.6 is 11.3 Å². The van der Waals surface area contributed by atoms with Crippen molar-refractivity contribution in [2.24, 2.45) is 0 Å². The third kappa shape index (κ3) is 3.83. The van der Waals surface area contributed by atoms with E-state index >= 15 is 0 Å². The van der Waals surface area contributed by atoms with E-state index in [4.69, 9.17) is 0 Å². The van der Waals surface area contributed by atoms with Crippen molar-refractivity contribution >= 4 is 21.4 Å². The first kappa shape index (κ1) is 19.4. The van der Waals surface area contributed by atoms with E-state index in [-0.39, 0.29) is 16.9 Å². The summed E-state index contributed by atoms with van der Waals surface area (Å²) in [5.74, 6) is -2.27. The average molecular weight is 402 g/mol.